The lowest BCUT2D eigenvalue weighted by molar-refractivity contribution is 0.594. The minimum Gasteiger partial charge on any atom is -0.399 e. The summed E-state index contributed by atoms with van der Waals surface area (Å²) in [5, 5.41) is 0. The van der Waals surface area contributed by atoms with Gasteiger partial charge in [-0.05, 0) is 30.7 Å². The molecule has 1 aromatic rings. The minimum absolute atomic E-state index is 0.252. The first-order chi connectivity index (χ1) is 9.56. The molecule has 0 aromatic heterocycles. The van der Waals surface area contributed by atoms with Crippen molar-refractivity contribution in [3.05, 3.63) is 24.3 Å². The molecule has 0 bridgehead atoms. The Morgan fingerprint density at radius 2 is 1.65 bits per heavy atom. The minimum atomic E-state index is -3.42. The Morgan fingerprint density at radius 3 is 2.30 bits per heavy atom. The zero-order chi connectivity index (χ0) is 14.8. The first-order valence-electron chi connectivity index (χ1n) is 7.05. The van der Waals surface area contributed by atoms with Crippen LogP contribution in [0.4, 0.5) is 5.69 Å². The molecule has 0 saturated carbocycles. The van der Waals surface area contributed by atoms with E-state index < -0.39 is 10.0 Å². The van der Waals surface area contributed by atoms with Gasteiger partial charge < -0.3 is 5.73 Å². The van der Waals surface area contributed by atoms with Crippen LogP contribution in [0.5, 0.6) is 0 Å². The molecule has 0 heterocycles. The number of hydrogen-bond donors (Lipinski definition) is 2. The van der Waals surface area contributed by atoms with Crippen molar-refractivity contribution in [1.29, 1.82) is 0 Å². The number of sulfonamides is 1. The lowest BCUT2D eigenvalue weighted by atomic mass is 10.1. The molecule has 0 aliphatic rings. The number of nitrogen functional groups attached to an aromatic ring is 1. The van der Waals surface area contributed by atoms with Gasteiger partial charge in [0.2, 0.25) is 10.0 Å². The second-order valence-electron chi connectivity index (χ2n) is 4.77. The largest absolute Gasteiger partial charge is 0.399 e. The van der Waals surface area contributed by atoms with Crippen LogP contribution >= 0.6 is 11.9 Å². The maximum absolute atomic E-state index is 11.9. The van der Waals surface area contributed by atoms with E-state index in [4.69, 9.17) is 5.73 Å². The third-order valence-electron chi connectivity index (χ3n) is 2.96. The quantitative estimate of drug-likeness (QED) is 0.393. The monoisotopic (exact) mass is 316 g/mol. The van der Waals surface area contributed by atoms with Crippen LogP contribution in [0.3, 0.4) is 0 Å². The maximum atomic E-state index is 11.9. The molecule has 0 unspecified atom stereocenters. The Bertz CT molecular complexity index is 472. The van der Waals surface area contributed by atoms with Crippen molar-refractivity contribution in [3.8, 4) is 0 Å². The van der Waals surface area contributed by atoms with E-state index in [9.17, 15) is 8.42 Å². The highest BCUT2D eigenvalue weighted by Crippen LogP contribution is 2.14. The fourth-order valence-electron chi connectivity index (χ4n) is 1.77. The van der Waals surface area contributed by atoms with Gasteiger partial charge in [-0.1, -0.05) is 51.0 Å². The Kier molecular flexibility index (Phi) is 8.02. The number of hydrogen-bond acceptors (Lipinski definition) is 4. The summed E-state index contributed by atoms with van der Waals surface area (Å²) in [6, 6.07) is 6.21. The van der Waals surface area contributed by atoms with Gasteiger partial charge in [0.1, 0.15) is 0 Å². The van der Waals surface area contributed by atoms with Crippen LogP contribution in [0.2, 0.25) is 0 Å². The molecule has 3 N–H and O–H groups in total. The van der Waals surface area contributed by atoms with E-state index >= 15 is 0 Å². The SMILES string of the molecule is CCCCCCCCSNS(=O)(=O)c1ccc(N)cc1. The summed E-state index contributed by atoms with van der Waals surface area (Å²) in [4.78, 5) is 0.252. The van der Waals surface area contributed by atoms with E-state index in [2.05, 4.69) is 11.1 Å². The summed E-state index contributed by atoms with van der Waals surface area (Å²) in [7, 11) is -3.42. The number of anilines is 1. The molecule has 114 valence electrons. The van der Waals surface area contributed by atoms with Crippen LogP contribution in [0, 0.1) is 0 Å². The van der Waals surface area contributed by atoms with E-state index in [0.717, 1.165) is 18.6 Å². The molecule has 1 aromatic carbocycles. The Labute approximate surface area is 126 Å². The lowest BCUT2D eigenvalue weighted by Gasteiger charge is -2.06. The first-order valence-corrected chi connectivity index (χ1v) is 9.52. The summed E-state index contributed by atoms with van der Waals surface area (Å²) >= 11 is 1.25. The zero-order valence-electron chi connectivity index (χ0n) is 12.0. The number of rotatable bonds is 10. The van der Waals surface area contributed by atoms with Crippen LogP contribution < -0.4 is 9.86 Å². The van der Waals surface area contributed by atoms with Crippen molar-refractivity contribution in [2.24, 2.45) is 0 Å². The second-order valence-corrected chi connectivity index (χ2v) is 7.61. The number of nitrogens with one attached hydrogen (secondary N) is 1. The van der Waals surface area contributed by atoms with Gasteiger partial charge in [-0.25, -0.2) is 8.42 Å². The van der Waals surface area contributed by atoms with Crippen molar-refractivity contribution >= 4 is 27.7 Å². The molecule has 0 radical (unpaired) electrons. The highest BCUT2D eigenvalue weighted by Gasteiger charge is 2.12. The molecule has 4 nitrogen and oxygen atoms in total. The van der Waals surface area contributed by atoms with Gasteiger partial charge >= 0.3 is 0 Å². The van der Waals surface area contributed by atoms with E-state index in [-0.39, 0.29) is 4.90 Å². The molecule has 0 atom stereocenters. The van der Waals surface area contributed by atoms with Gasteiger partial charge in [0.15, 0.2) is 0 Å². The van der Waals surface area contributed by atoms with E-state index in [1.807, 2.05) is 0 Å². The van der Waals surface area contributed by atoms with Gasteiger partial charge in [0.25, 0.3) is 0 Å². The van der Waals surface area contributed by atoms with Crippen LogP contribution in [-0.2, 0) is 10.0 Å². The molecule has 20 heavy (non-hydrogen) atoms. The van der Waals surface area contributed by atoms with Crippen molar-refractivity contribution in [3.63, 3.8) is 0 Å². The van der Waals surface area contributed by atoms with Crippen LogP contribution in [0.15, 0.2) is 29.2 Å². The van der Waals surface area contributed by atoms with E-state index in [1.54, 1.807) is 12.1 Å². The van der Waals surface area contributed by atoms with Gasteiger partial charge in [-0.2, -0.15) is 4.13 Å². The Morgan fingerprint density at radius 1 is 1.05 bits per heavy atom. The highest BCUT2D eigenvalue weighted by atomic mass is 32.3. The van der Waals surface area contributed by atoms with Crippen LogP contribution in [0.25, 0.3) is 0 Å². The fraction of sp³-hybridized carbons (Fsp3) is 0.571. The summed E-state index contributed by atoms with van der Waals surface area (Å²) in [5.41, 5.74) is 6.10. The predicted octanol–water partition coefficient (Wildman–Crippen LogP) is 3.56. The third-order valence-corrected chi connectivity index (χ3v) is 5.69. The molecule has 0 spiro atoms. The predicted molar refractivity (Wildman–Crippen MR) is 87.0 cm³/mol. The van der Waals surface area contributed by atoms with Crippen molar-refractivity contribution < 1.29 is 8.42 Å². The van der Waals surface area contributed by atoms with Crippen LogP contribution in [-0.4, -0.2) is 14.2 Å². The maximum Gasteiger partial charge on any atom is 0.249 e. The molecule has 0 saturated heterocycles. The molecule has 0 amide bonds. The van der Waals surface area contributed by atoms with Crippen molar-refractivity contribution in [2.45, 2.75) is 50.3 Å². The smallest absolute Gasteiger partial charge is 0.249 e. The molecule has 6 heteroatoms. The second kappa shape index (κ2) is 9.26. The summed E-state index contributed by atoms with van der Waals surface area (Å²) < 4.78 is 26.4. The van der Waals surface area contributed by atoms with Gasteiger partial charge in [-0.3, -0.25) is 0 Å². The molecular formula is C14H24N2O2S2. The molecule has 0 fully saturated rings. The molecule has 0 aliphatic carbocycles. The Hall–Kier alpha value is -0.720. The van der Waals surface area contributed by atoms with Gasteiger partial charge in [0, 0.05) is 11.4 Å². The zero-order valence-corrected chi connectivity index (χ0v) is 13.6. The van der Waals surface area contributed by atoms with Crippen molar-refractivity contribution in [1.82, 2.24) is 4.13 Å². The fourth-order valence-corrected chi connectivity index (χ4v) is 3.95. The molecule has 0 aliphatic heterocycles. The summed E-state index contributed by atoms with van der Waals surface area (Å²) in [6.07, 6.45) is 7.25. The summed E-state index contributed by atoms with van der Waals surface area (Å²) in [5.74, 6) is 0.806. The van der Waals surface area contributed by atoms with Crippen LogP contribution in [0.1, 0.15) is 45.4 Å². The number of benzene rings is 1. The molecule has 1 rings (SSSR count). The Balaban J connectivity index is 2.22. The van der Waals surface area contributed by atoms with Gasteiger partial charge in [0.05, 0.1) is 4.90 Å². The summed E-state index contributed by atoms with van der Waals surface area (Å²) in [6.45, 7) is 2.20. The highest BCUT2D eigenvalue weighted by molar-refractivity contribution is 8.09. The number of nitrogens with two attached hydrogens (primary N) is 1. The average Bonchev–Trinajstić information content (AvgIpc) is 2.42. The van der Waals surface area contributed by atoms with E-state index in [0.29, 0.717) is 5.69 Å². The number of unbranched alkanes of at least 4 members (excludes halogenated alkanes) is 5. The average molecular weight is 316 g/mol. The standard InChI is InChI=1S/C14H24N2O2S2/c1-2-3-4-5-6-7-12-19-16-20(17,18)14-10-8-13(15)9-11-14/h8-11,16H,2-7,12,15H2,1H3. The first kappa shape index (κ1) is 17.3. The topological polar surface area (TPSA) is 72.2 Å². The normalized spacial score (nSPS) is 11.7. The third kappa shape index (κ3) is 6.63. The van der Waals surface area contributed by atoms with Crippen molar-refractivity contribution in [2.75, 3.05) is 11.5 Å². The van der Waals surface area contributed by atoms with E-state index in [1.165, 1.54) is 49.8 Å². The van der Waals surface area contributed by atoms with Gasteiger partial charge in [-0.15, -0.1) is 0 Å². The molecular weight excluding hydrogens is 292 g/mol. The lowest BCUT2D eigenvalue weighted by Crippen LogP contribution is -2.17.